The van der Waals surface area contributed by atoms with E-state index in [4.69, 9.17) is 0 Å². The summed E-state index contributed by atoms with van der Waals surface area (Å²) < 4.78 is 52.2. The van der Waals surface area contributed by atoms with E-state index in [2.05, 4.69) is 4.72 Å². The predicted molar refractivity (Wildman–Crippen MR) is 96.0 cm³/mol. The summed E-state index contributed by atoms with van der Waals surface area (Å²) in [6, 6.07) is 8.72. The average molecular weight is 399 g/mol. The van der Waals surface area contributed by atoms with E-state index in [1.54, 1.807) is 0 Å². The number of sulfonamides is 2. The molecule has 2 aromatic carbocycles. The predicted octanol–water partition coefficient (Wildman–Crippen LogP) is 1.95. The number of nitro groups is 1. The molecule has 0 heterocycles. The largest absolute Gasteiger partial charge is 0.280 e. The van der Waals surface area contributed by atoms with Crippen LogP contribution in [-0.2, 0) is 20.0 Å². The van der Waals surface area contributed by atoms with Crippen LogP contribution in [0.15, 0.2) is 52.3 Å². The zero-order chi connectivity index (χ0) is 19.7. The third kappa shape index (κ3) is 4.00. The zero-order valence-corrected chi connectivity index (χ0v) is 15.8. The Kier molecular flexibility index (Phi) is 5.35. The number of rotatable bonds is 6. The molecule has 0 spiro atoms. The maximum Gasteiger partial charge on any atom is 0.273 e. The monoisotopic (exact) mass is 399 g/mol. The molecule has 2 rings (SSSR count). The molecule has 0 saturated heterocycles. The molecule has 9 nitrogen and oxygen atoms in total. The van der Waals surface area contributed by atoms with E-state index >= 15 is 0 Å². The van der Waals surface area contributed by atoms with E-state index in [0.29, 0.717) is 5.56 Å². The van der Waals surface area contributed by atoms with Crippen LogP contribution in [0.5, 0.6) is 0 Å². The fourth-order valence-electron chi connectivity index (χ4n) is 2.07. The lowest BCUT2D eigenvalue weighted by molar-refractivity contribution is -0.385. The third-order valence-electron chi connectivity index (χ3n) is 3.57. The molecule has 0 aromatic heterocycles. The minimum Gasteiger partial charge on any atom is -0.280 e. The molecule has 1 N–H and O–H groups in total. The number of nitro benzene ring substituents is 1. The highest BCUT2D eigenvalue weighted by Crippen LogP contribution is 2.24. The SMILES string of the molecule is Cc1ccc(S(=O)(=O)Nc2ccc(S(=O)(=O)N(C)C)cc2)cc1[N+](=O)[O-]. The Morgan fingerprint density at radius 2 is 1.50 bits per heavy atom. The summed E-state index contributed by atoms with van der Waals surface area (Å²) in [4.78, 5) is 10.1. The Morgan fingerprint density at radius 1 is 0.962 bits per heavy atom. The van der Waals surface area contributed by atoms with Crippen molar-refractivity contribution in [2.45, 2.75) is 16.7 Å². The smallest absolute Gasteiger partial charge is 0.273 e. The Morgan fingerprint density at radius 3 is 2.00 bits per heavy atom. The lowest BCUT2D eigenvalue weighted by atomic mass is 10.2. The first kappa shape index (κ1) is 19.8. The van der Waals surface area contributed by atoms with Crippen LogP contribution in [0.25, 0.3) is 0 Å². The first-order valence-corrected chi connectivity index (χ1v) is 10.2. The molecule has 0 aliphatic heterocycles. The first-order valence-electron chi connectivity index (χ1n) is 7.25. The van der Waals surface area contributed by atoms with Gasteiger partial charge in [-0.15, -0.1) is 0 Å². The summed E-state index contributed by atoms with van der Waals surface area (Å²) in [5.41, 5.74) is 0.165. The van der Waals surface area contributed by atoms with E-state index in [0.717, 1.165) is 10.4 Å². The van der Waals surface area contributed by atoms with Crippen molar-refractivity contribution >= 4 is 31.4 Å². The molecule has 0 bridgehead atoms. The van der Waals surface area contributed by atoms with E-state index in [1.807, 2.05) is 0 Å². The lowest BCUT2D eigenvalue weighted by Crippen LogP contribution is -2.22. The van der Waals surface area contributed by atoms with Crippen molar-refractivity contribution in [3.63, 3.8) is 0 Å². The topological polar surface area (TPSA) is 127 Å². The number of benzene rings is 2. The van der Waals surface area contributed by atoms with Crippen molar-refractivity contribution in [2.75, 3.05) is 18.8 Å². The van der Waals surface area contributed by atoms with Crippen LogP contribution < -0.4 is 4.72 Å². The molecule has 0 amide bonds. The van der Waals surface area contributed by atoms with Gasteiger partial charge in [0.05, 0.1) is 14.7 Å². The molecule has 140 valence electrons. The Hall–Kier alpha value is -2.50. The maximum atomic E-state index is 12.4. The third-order valence-corrected chi connectivity index (χ3v) is 6.78. The normalized spacial score (nSPS) is 12.2. The van der Waals surface area contributed by atoms with Gasteiger partial charge in [0.1, 0.15) is 0 Å². The van der Waals surface area contributed by atoms with E-state index in [1.165, 1.54) is 57.4 Å². The van der Waals surface area contributed by atoms with Crippen LogP contribution in [0.2, 0.25) is 0 Å². The molecule has 0 fully saturated rings. The van der Waals surface area contributed by atoms with Crippen molar-refractivity contribution < 1.29 is 21.8 Å². The summed E-state index contributed by atoms with van der Waals surface area (Å²) in [5.74, 6) is 0. The van der Waals surface area contributed by atoms with E-state index < -0.39 is 25.0 Å². The summed E-state index contributed by atoms with van der Waals surface area (Å²) >= 11 is 0. The van der Waals surface area contributed by atoms with Crippen molar-refractivity contribution in [3.05, 3.63) is 58.1 Å². The number of aryl methyl sites for hydroxylation is 1. The molecule has 2 aromatic rings. The Bertz CT molecular complexity index is 1050. The second-order valence-corrected chi connectivity index (χ2v) is 9.46. The van der Waals surface area contributed by atoms with Gasteiger partial charge in [0, 0.05) is 31.4 Å². The van der Waals surface area contributed by atoms with Gasteiger partial charge in [-0.05, 0) is 37.3 Å². The van der Waals surface area contributed by atoms with E-state index in [-0.39, 0.29) is 21.2 Å². The maximum absolute atomic E-state index is 12.4. The summed E-state index contributed by atoms with van der Waals surface area (Å²) in [6.45, 7) is 1.51. The van der Waals surface area contributed by atoms with Gasteiger partial charge in [-0.1, -0.05) is 6.07 Å². The molecule has 0 atom stereocenters. The zero-order valence-electron chi connectivity index (χ0n) is 14.2. The van der Waals surface area contributed by atoms with Gasteiger partial charge in [0.15, 0.2) is 0 Å². The average Bonchev–Trinajstić information content (AvgIpc) is 2.54. The number of hydrogen-bond acceptors (Lipinski definition) is 6. The molecule has 0 aliphatic carbocycles. The van der Waals surface area contributed by atoms with Gasteiger partial charge in [-0.3, -0.25) is 14.8 Å². The summed E-state index contributed by atoms with van der Waals surface area (Å²) in [7, 11) is -4.92. The lowest BCUT2D eigenvalue weighted by Gasteiger charge is -2.12. The second kappa shape index (κ2) is 7.02. The van der Waals surface area contributed by atoms with Crippen molar-refractivity contribution in [3.8, 4) is 0 Å². The van der Waals surface area contributed by atoms with Gasteiger partial charge in [-0.2, -0.15) is 0 Å². The van der Waals surface area contributed by atoms with Crippen molar-refractivity contribution in [2.24, 2.45) is 0 Å². The molecular weight excluding hydrogens is 382 g/mol. The number of nitrogens with one attached hydrogen (secondary N) is 1. The standard InChI is InChI=1S/C15H17N3O6S2/c1-11-4-7-14(10-15(11)18(19)20)25(21,22)16-12-5-8-13(9-6-12)26(23,24)17(2)3/h4-10,16H,1-3H3. The van der Waals surface area contributed by atoms with Gasteiger partial charge < -0.3 is 0 Å². The summed E-state index contributed by atoms with van der Waals surface area (Å²) in [5, 5.41) is 11.0. The molecular formula is C15H17N3O6S2. The molecule has 0 saturated carbocycles. The van der Waals surface area contributed by atoms with Crippen LogP contribution in [0.3, 0.4) is 0 Å². The molecule has 0 unspecified atom stereocenters. The Labute approximate surface area is 151 Å². The van der Waals surface area contributed by atoms with Crippen LogP contribution in [0.1, 0.15) is 5.56 Å². The molecule has 0 radical (unpaired) electrons. The number of hydrogen-bond donors (Lipinski definition) is 1. The van der Waals surface area contributed by atoms with Crippen molar-refractivity contribution in [1.82, 2.24) is 4.31 Å². The highest BCUT2D eigenvalue weighted by molar-refractivity contribution is 7.92. The van der Waals surface area contributed by atoms with Gasteiger partial charge in [0.25, 0.3) is 15.7 Å². The molecule has 11 heteroatoms. The van der Waals surface area contributed by atoms with Crippen molar-refractivity contribution in [1.29, 1.82) is 0 Å². The fourth-order valence-corrected chi connectivity index (χ4v) is 4.05. The number of nitrogens with zero attached hydrogens (tertiary/aromatic N) is 2. The highest BCUT2D eigenvalue weighted by Gasteiger charge is 2.21. The highest BCUT2D eigenvalue weighted by atomic mass is 32.2. The minimum atomic E-state index is -4.07. The van der Waals surface area contributed by atoms with Gasteiger partial charge in [-0.25, -0.2) is 21.1 Å². The first-order chi connectivity index (χ1) is 11.9. The molecule has 26 heavy (non-hydrogen) atoms. The molecule has 0 aliphatic rings. The van der Waals surface area contributed by atoms with Gasteiger partial charge >= 0.3 is 0 Å². The van der Waals surface area contributed by atoms with Crippen LogP contribution in [0, 0.1) is 17.0 Å². The van der Waals surface area contributed by atoms with E-state index in [9.17, 15) is 26.9 Å². The summed E-state index contributed by atoms with van der Waals surface area (Å²) in [6.07, 6.45) is 0. The van der Waals surface area contributed by atoms with Crippen LogP contribution >= 0.6 is 0 Å². The van der Waals surface area contributed by atoms with Crippen LogP contribution in [-0.4, -0.2) is 40.2 Å². The second-order valence-electron chi connectivity index (χ2n) is 5.62. The minimum absolute atomic E-state index is 0.0106. The number of anilines is 1. The quantitative estimate of drug-likeness (QED) is 0.584. The fraction of sp³-hybridized carbons (Fsp3) is 0.200. The Balaban J connectivity index is 2.33. The van der Waals surface area contributed by atoms with Gasteiger partial charge in [0.2, 0.25) is 10.0 Å². The van der Waals surface area contributed by atoms with Crippen LogP contribution in [0.4, 0.5) is 11.4 Å².